The number of pyridine rings is 1. The van der Waals surface area contributed by atoms with Crippen LogP contribution >= 0.6 is 27.9 Å². The molecule has 1 aliphatic rings. The van der Waals surface area contributed by atoms with Gasteiger partial charge in [0.05, 0.1) is 11.1 Å². The van der Waals surface area contributed by atoms with E-state index in [0.29, 0.717) is 5.92 Å². The first-order valence-corrected chi connectivity index (χ1v) is 9.59. The quantitative estimate of drug-likeness (QED) is 0.623. The lowest BCUT2D eigenvalue weighted by atomic mass is 9.89. The zero-order chi connectivity index (χ0) is 16.7. The summed E-state index contributed by atoms with van der Waals surface area (Å²) in [7, 11) is 1.95. The third-order valence-electron chi connectivity index (χ3n) is 4.62. The minimum absolute atomic E-state index is 0.591. The topological polar surface area (TPSA) is 51.2 Å². The number of hydrogen-bond acceptors (Lipinski definition) is 5. The Balaban J connectivity index is 1.45. The van der Waals surface area contributed by atoms with Crippen molar-refractivity contribution in [1.82, 2.24) is 28.7 Å². The predicted octanol–water partition coefficient (Wildman–Crippen LogP) is 3.42. The molecule has 0 saturated carbocycles. The Hall–Kier alpha value is -1.38. The second-order valence-electron chi connectivity index (χ2n) is 6.19. The van der Waals surface area contributed by atoms with E-state index in [1.807, 2.05) is 22.4 Å². The van der Waals surface area contributed by atoms with Crippen LogP contribution in [0, 0.1) is 6.92 Å². The van der Waals surface area contributed by atoms with Crippen molar-refractivity contribution in [2.45, 2.75) is 30.6 Å². The lowest BCUT2D eigenvalue weighted by molar-refractivity contribution is 0.345. The number of hydrogen-bond donors (Lipinski definition) is 0. The van der Waals surface area contributed by atoms with E-state index < -0.39 is 0 Å². The van der Waals surface area contributed by atoms with Crippen LogP contribution in [0.25, 0.3) is 5.65 Å². The minimum Gasteiger partial charge on any atom is -0.260 e. The van der Waals surface area contributed by atoms with Gasteiger partial charge in [-0.15, -0.1) is 0 Å². The summed E-state index contributed by atoms with van der Waals surface area (Å²) in [6.45, 7) is 4.33. The highest BCUT2D eigenvalue weighted by Crippen LogP contribution is 2.36. The highest BCUT2D eigenvalue weighted by molar-refractivity contribution is 9.10. The standard InChI is InChI=1S/C16H19BrN6S/c1-11-7-15-18-10-20-23(15)9-13(11)12-3-5-22(6-4-12)24-14-8-19-21(2)16(14)17/h7-10,12H,3-6H2,1-2H3. The van der Waals surface area contributed by atoms with Gasteiger partial charge >= 0.3 is 0 Å². The first-order chi connectivity index (χ1) is 11.6. The van der Waals surface area contributed by atoms with E-state index in [2.05, 4.69) is 54.6 Å². The van der Waals surface area contributed by atoms with E-state index in [9.17, 15) is 0 Å². The molecule has 0 aromatic carbocycles. The number of fused-ring (bicyclic) bond motifs is 1. The van der Waals surface area contributed by atoms with E-state index in [1.165, 1.54) is 16.0 Å². The van der Waals surface area contributed by atoms with Crippen LogP contribution in [0.1, 0.15) is 29.9 Å². The molecule has 6 nitrogen and oxygen atoms in total. The normalized spacial score (nSPS) is 17.0. The Labute approximate surface area is 153 Å². The molecule has 0 amide bonds. The molecule has 1 fully saturated rings. The van der Waals surface area contributed by atoms with E-state index >= 15 is 0 Å². The second kappa shape index (κ2) is 6.50. The molecule has 1 saturated heterocycles. The summed E-state index contributed by atoms with van der Waals surface area (Å²) in [5.41, 5.74) is 3.64. The van der Waals surface area contributed by atoms with Gasteiger partial charge in [-0.3, -0.25) is 4.68 Å². The van der Waals surface area contributed by atoms with Gasteiger partial charge in [0.25, 0.3) is 0 Å². The molecule has 3 aromatic rings. The van der Waals surface area contributed by atoms with Crippen LogP contribution in [0.4, 0.5) is 0 Å². The van der Waals surface area contributed by atoms with Crippen molar-refractivity contribution >= 4 is 33.5 Å². The van der Waals surface area contributed by atoms with E-state index in [4.69, 9.17) is 0 Å². The zero-order valence-electron chi connectivity index (χ0n) is 13.7. The maximum absolute atomic E-state index is 4.29. The fraction of sp³-hybridized carbons (Fsp3) is 0.438. The highest BCUT2D eigenvalue weighted by Gasteiger charge is 2.24. The first kappa shape index (κ1) is 16.1. The summed E-state index contributed by atoms with van der Waals surface area (Å²) in [6, 6.07) is 2.14. The highest BCUT2D eigenvalue weighted by atomic mass is 79.9. The van der Waals surface area contributed by atoms with Crippen LogP contribution in [0.5, 0.6) is 0 Å². The molecule has 0 atom stereocenters. The van der Waals surface area contributed by atoms with Crippen molar-refractivity contribution in [2.24, 2.45) is 7.05 Å². The van der Waals surface area contributed by atoms with Crippen LogP contribution in [0.2, 0.25) is 0 Å². The molecule has 126 valence electrons. The molecule has 0 N–H and O–H groups in total. The van der Waals surface area contributed by atoms with Crippen molar-refractivity contribution < 1.29 is 0 Å². The molecule has 4 heterocycles. The van der Waals surface area contributed by atoms with Crippen molar-refractivity contribution in [3.8, 4) is 0 Å². The molecule has 4 rings (SSSR count). The number of aromatic nitrogens is 5. The van der Waals surface area contributed by atoms with Crippen molar-refractivity contribution in [3.05, 3.63) is 40.5 Å². The summed E-state index contributed by atoms with van der Waals surface area (Å²) in [5, 5.41) is 8.56. The molecule has 0 aliphatic carbocycles. The molecule has 0 unspecified atom stereocenters. The molecule has 24 heavy (non-hydrogen) atoms. The summed E-state index contributed by atoms with van der Waals surface area (Å²) < 4.78 is 7.21. The Kier molecular flexibility index (Phi) is 4.36. The number of halogens is 1. The van der Waals surface area contributed by atoms with Gasteiger partial charge in [-0.1, -0.05) is 0 Å². The molecular weight excluding hydrogens is 388 g/mol. The van der Waals surface area contributed by atoms with Gasteiger partial charge in [-0.25, -0.2) is 13.8 Å². The van der Waals surface area contributed by atoms with Crippen molar-refractivity contribution in [2.75, 3.05) is 13.1 Å². The van der Waals surface area contributed by atoms with Gasteiger partial charge in [-0.05, 0) is 70.8 Å². The summed E-state index contributed by atoms with van der Waals surface area (Å²) in [5.74, 6) is 0.591. The van der Waals surface area contributed by atoms with E-state index in [1.54, 1.807) is 18.3 Å². The Morgan fingerprint density at radius 3 is 2.75 bits per heavy atom. The van der Waals surface area contributed by atoms with Gasteiger partial charge in [0.1, 0.15) is 10.9 Å². The summed E-state index contributed by atoms with van der Waals surface area (Å²) in [4.78, 5) is 5.44. The Morgan fingerprint density at radius 2 is 2.04 bits per heavy atom. The monoisotopic (exact) mass is 406 g/mol. The van der Waals surface area contributed by atoms with Crippen LogP contribution in [-0.2, 0) is 7.05 Å². The largest absolute Gasteiger partial charge is 0.260 e. The average molecular weight is 407 g/mol. The number of piperidine rings is 1. The van der Waals surface area contributed by atoms with Gasteiger partial charge in [0, 0.05) is 26.3 Å². The maximum atomic E-state index is 4.29. The van der Waals surface area contributed by atoms with E-state index in [-0.39, 0.29) is 0 Å². The van der Waals surface area contributed by atoms with Crippen molar-refractivity contribution in [1.29, 1.82) is 0 Å². The van der Waals surface area contributed by atoms with Gasteiger partial charge in [-0.2, -0.15) is 10.2 Å². The fourth-order valence-electron chi connectivity index (χ4n) is 3.26. The van der Waals surface area contributed by atoms with Crippen LogP contribution < -0.4 is 0 Å². The average Bonchev–Trinajstić information content (AvgIpc) is 3.16. The van der Waals surface area contributed by atoms with Crippen molar-refractivity contribution in [3.63, 3.8) is 0 Å². The maximum Gasteiger partial charge on any atom is 0.155 e. The third kappa shape index (κ3) is 2.98. The third-order valence-corrected chi connectivity index (χ3v) is 6.94. The Bertz CT molecular complexity index is 865. The zero-order valence-corrected chi connectivity index (χ0v) is 16.1. The van der Waals surface area contributed by atoms with E-state index in [0.717, 1.165) is 36.2 Å². The van der Waals surface area contributed by atoms with Crippen LogP contribution in [-0.4, -0.2) is 41.8 Å². The SMILES string of the molecule is Cc1cc2ncnn2cc1C1CCN(Sc2cnn(C)c2Br)CC1. The summed E-state index contributed by atoms with van der Waals surface area (Å²) in [6.07, 6.45) is 8.01. The number of aryl methyl sites for hydroxylation is 2. The molecular formula is C16H19BrN6S. The lowest BCUT2D eigenvalue weighted by Gasteiger charge is -2.31. The molecule has 0 bridgehead atoms. The molecule has 0 radical (unpaired) electrons. The second-order valence-corrected chi connectivity index (χ2v) is 8.08. The Morgan fingerprint density at radius 1 is 1.25 bits per heavy atom. The first-order valence-electron chi connectivity index (χ1n) is 8.02. The summed E-state index contributed by atoms with van der Waals surface area (Å²) >= 11 is 5.38. The van der Waals surface area contributed by atoms with Gasteiger partial charge < -0.3 is 0 Å². The molecule has 3 aromatic heterocycles. The number of nitrogens with zero attached hydrogens (tertiary/aromatic N) is 6. The minimum atomic E-state index is 0.591. The molecule has 8 heteroatoms. The molecule has 1 aliphatic heterocycles. The van der Waals surface area contributed by atoms with Crippen LogP contribution in [0.3, 0.4) is 0 Å². The lowest BCUT2D eigenvalue weighted by Crippen LogP contribution is -2.28. The fourth-order valence-corrected chi connectivity index (χ4v) is 4.64. The smallest absolute Gasteiger partial charge is 0.155 e. The number of rotatable bonds is 3. The van der Waals surface area contributed by atoms with Gasteiger partial charge in [0.2, 0.25) is 0 Å². The predicted molar refractivity (Wildman–Crippen MR) is 98.0 cm³/mol. The van der Waals surface area contributed by atoms with Crippen LogP contribution in [0.15, 0.2) is 34.3 Å². The van der Waals surface area contributed by atoms with Gasteiger partial charge in [0.15, 0.2) is 5.65 Å². The molecule has 0 spiro atoms.